The van der Waals surface area contributed by atoms with Gasteiger partial charge in [-0.2, -0.15) is 0 Å². The number of halogens is 2. The molecule has 8 atom stereocenters. The summed E-state index contributed by atoms with van der Waals surface area (Å²) in [5.74, 6) is 2.73. The number of pyridine rings is 1. The standard InChI is InChI=1S/C42H55ClFN5O4/c1-26-19-45-40(50)36-10-11-37-39(46-36)49(23-41(25-53-37)12-4-5-32-34(41)8-9-35(43)38(32)44)20-28-6-7-33(28)42(51-3,30-17-29(18-30)27(26)2)24-47-13-14-48-15-16-52-22-31(48)21-47/h8-11,17,26-29,31,33H,4-7,12-16,18-25H2,1-3H3,(H,45,50)/t26-,27+,28-,29-,31-,33+,41-,42-/m0/s1. The summed E-state index contributed by atoms with van der Waals surface area (Å²) >= 11 is 6.33. The first-order valence-electron chi connectivity index (χ1n) is 20.1. The van der Waals surface area contributed by atoms with Crippen molar-refractivity contribution in [3.8, 4) is 5.75 Å². The minimum atomic E-state index is -0.447. The van der Waals surface area contributed by atoms with Crippen molar-refractivity contribution in [3.63, 3.8) is 0 Å². The average molecular weight is 748 g/mol. The number of amides is 1. The predicted octanol–water partition coefficient (Wildman–Crippen LogP) is 5.74. The fourth-order valence-corrected chi connectivity index (χ4v) is 11.2. The van der Waals surface area contributed by atoms with Gasteiger partial charge < -0.3 is 24.4 Å². The van der Waals surface area contributed by atoms with Gasteiger partial charge in [-0.15, -0.1) is 0 Å². The molecule has 10 rings (SSSR count). The molecule has 2 saturated heterocycles. The lowest BCUT2D eigenvalue weighted by molar-refractivity contribution is -0.119. The molecule has 6 heterocycles. The Morgan fingerprint density at radius 1 is 1.13 bits per heavy atom. The van der Waals surface area contributed by atoms with Crippen LogP contribution in [0.4, 0.5) is 10.2 Å². The van der Waals surface area contributed by atoms with E-state index in [0.717, 1.165) is 90.1 Å². The van der Waals surface area contributed by atoms with E-state index < -0.39 is 5.41 Å². The minimum Gasteiger partial charge on any atom is -0.489 e. The number of nitrogens with one attached hydrogen (secondary N) is 1. The van der Waals surface area contributed by atoms with E-state index >= 15 is 4.39 Å². The average Bonchev–Trinajstić information content (AvgIpc) is 3.29. The summed E-state index contributed by atoms with van der Waals surface area (Å²) in [6.45, 7) is 13.6. The Morgan fingerprint density at radius 2 is 2.00 bits per heavy atom. The zero-order valence-corrected chi connectivity index (χ0v) is 32.3. The SMILES string of the molecule is CO[C@@]1(CN2CCN3CCOC[C@@H]3C2)C2=C[C@@H](C2)[C@H](C)[C@@H](C)CNC(=O)c2ccc3c(n2)N(C[C@@H]2CC[C@H]21)C[C@@]1(CCCc2c1ccc(Cl)c2F)CO3. The molecule has 11 heteroatoms. The molecular weight excluding hydrogens is 693 g/mol. The third kappa shape index (κ3) is 6.19. The topological polar surface area (TPSA) is 79.4 Å². The van der Waals surface area contributed by atoms with Crippen LogP contribution in [0.15, 0.2) is 35.9 Å². The minimum absolute atomic E-state index is 0.161. The van der Waals surface area contributed by atoms with Crippen LogP contribution in [0.5, 0.6) is 5.75 Å². The molecule has 5 aliphatic heterocycles. The van der Waals surface area contributed by atoms with Crippen LogP contribution in [-0.2, 0) is 21.3 Å². The third-order valence-electron chi connectivity index (χ3n) is 14.6. The Morgan fingerprint density at radius 3 is 2.81 bits per heavy atom. The van der Waals surface area contributed by atoms with Gasteiger partial charge in [-0.25, -0.2) is 9.37 Å². The van der Waals surface area contributed by atoms with Gasteiger partial charge in [-0.3, -0.25) is 14.6 Å². The number of allylic oxidation sites excluding steroid dienone is 1. The number of carbonyl (C=O) groups is 1. The van der Waals surface area contributed by atoms with Crippen molar-refractivity contribution in [2.45, 2.75) is 69.4 Å². The first-order chi connectivity index (χ1) is 25.7. The highest BCUT2D eigenvalue weighted by Crippen LogP contribution is 2.54. The number of methoxy groups -OCH3 is 1. The number of carbonyl (C=O) groups excluding carboxylic acids is 1. The van der Waals surface area contributed by atoms with Crippen molar-refractivity contribution < 1.29 is 23.4 Å². The quantitative estimate of drug-likeness (QED) is 0.399. The third-order valence-corrected chi connectivity index (χ3v) is 14.9. The van der Waals surface area contributed by atoms with Gasteiger partial charge in [0.05, 0.1) is 24.8 Å². The Bertz CT molecular complexity index is 1780. The molecule has 3 aliphatic carbocycles. The summed E-state index contributed by atoms with van der Waals surface area (Å²) in [4.78, 5) is 26.4. The van der Waals surface area contributed by atoms with Gasteiger partial charge in [0.1, 0.15) is 17.1 Å². The maximum Gasteiger partial charge on any atom is 0.269 e. The maximum absolute atomic E-state index is 15.6. The Balaban J connectivity index is 1.10. The Labute approximate surface area is 318 Å². The molecule has 53 heavy (non-hydrogen) atoms. The van der Waals surface area contributed by atoms with E-state index in [1.807, 2.05) is 19.2 Å². The van der Waals surface area contributed by atoms with Gasteiger partial charge in [-0.1, -0.05) is 37.6 Å². The second-order valence-corrected chi connectivity index (χ2v) is 17.8. The molecule has 1 spiro atoms. The number of anilines is 1. The van der Waals surface area contributed by atoms with Crippen LogP contribution in [0.25, 0.3) is 0 Å². The molecule has 0 unspecified atom stereocenters. The van der Waals surface area contributed by atoms with Gasteiger partial charge >= 0.3 is 0 Å². The predicted molar refractivity (Wildman–Crippen MR) is 203 cm³/mol. The van der Waals surface area contributed by atoms with Gasteiger partial charge in [0.25, 0.3) is 5.91 Å². The molecule has 9 nitrogen and oxygen atoms in total. The van der Waals surface area contributed by atoms with E-state index in [2.05, 4.69) is 39.9 Å². The molecule has 286 valence electrons. The monoisotopic (exact) mass is 747 g/mol. The van der Waals surface area contributed by atoms with Crippen LogP contribution in [-0.4, -0.2) is 112 Å². The van der Waals surface area contributed by atoms with Crippen molar-refractivity contribution in [1.29, 1.82) is 0 Å². The van der Waals surface area contributed by atoms with Crippen LogP contribution in [0, 0.1) is 35.4 Å². The number of benzene rings is 1. The lowest BCUT2D eigenvalue weighted by Crippen LogP contribution is -2.64. The zero-order chi connectivity index (χ0) is 36.5. The molecule has 8 aliphatic rings. The zero-order valence-electron chi connectivity index (χ0n) is 31.5. The molecule has 4 bridgehead atoms. The molecule has 2 aromatic rings. The molecular formula is C42H55ClFN5O4. The van der Waals surface area contributed by atoms with Gasteiger partial charge in [0.2, 0.25) is 0 Å². The summed E-state index contributed by atoms with van der Waals surface area (Å²) in [6.07, 6.45) is 8.13. The van der Waals surface area contributed by atoms with Crippen molar-refractivity contribution in [3.05, 3.63) is 63.6 Å². The first-order valence-corrected chi connectivity index (χ1v) is 20.5. The lowest BCUT2D eigenvalue weighted by Gasteiger charge is -2.57. The summed E-state index contributed by atoms with van der Waals surface area (Å²) in [7, 11) is 1.94. The number of nitrogens with zero attached hydrogens (tertiary/aromatic N) is 4. The number of hydrogen-bond donors (Lipinski definition) is 1. The van der Waals surface area contributed by atoms with E-state index in [-0.39, 0.29) is 22.3 Å². The molecule has 1 aromatic carbocycles. The van der Waals surface area contributed by atoms with Gasteiger partial charge in [0.15, 0.2) is 11.6 Å². The molecule has 3 fully saturated rings. The second kappa shape index (κ2) is 14.1. The Kier molecular flexibility index (Phi) is 9.53. The smallest absolute Gasteiger partial charge is 0.269 e. The van der Waals surface area contributed by atoms with E-state index in [0.29, 0.717) is 84.6 Å². The van der Waals surface area contributed by atoms with Crippen LogP contribution >= 0.6 is 11.6 Å². The molecule has 0 radical (unpaired) electrons. The number of hydrogen-bond acceptors (Lipinski definition) is 8. The number of aromatic nitrogens is 1. The van der Waals surface area contributed by atoms with E-state index in [1.165, 1.54) is 5.57 Å². The van der Waals surface area contributed by atoms with Gasteiger partial charge in [-0.05, 0) is 103 Å². The van der Waals surface area contributed by atoms with Crippen molar-refractivity contribution in [2.24, 2.45) is 29.6 Å². The number of ether oxygens (including phenoxy) is 3. The van der Waals surface area contributed by atoms with Gasteiger partial charge in [0, 0.05) is 70.9 Å². The van der Waals surface area contributed by atoms with Crippen LogP contribution in [0.3, 0.4) is 0 Å². The van der Waals surface area contributed by atoms with Crippen LogP contribution in [0.1, 0.15) is 67.6 Å². The first kappa shape index (κ1) is 35.9. The highest BCUT2D eigenvalue weighted by Gasteiger charge is 2.55. The van der Waals surface area contributed by atoms with E-state index in [9.17, 15) is 4.79 Å². The number of piperazine rings is 1. The molecule has 1 amide bonds. The van der Waals surface area contributed by atoms with Crippen molar-refractivity contribution >= 4 is 23.3 Å². The summed E-state index contributed by atoms with van der Waals surface area (Å²) in [5.41, 5.74) is 2.70. The fourth-order valence-electron chi connectivity index (χ4n) is 11.0. The van der Waals surface area contributed by atoms with E-state index in [1.54, 1.807) is 12.1 Å². The fraction of sp³-hybridized carbons (Fsp3) is 0.667. The lowest BCUT2D eigenvalue weighted by atomic mass is 9.57. The molecule has 1 N–H and O–H groups in total. The molecule has 1 aromatic heterocycles. The largest absolute Gasteiger partial charge is 0.489 e. The number of fused-ring (bicyclic) bond motifs is 7. The van der Waals surface area contributed by atoms with Crippen molar-refractivity contribution in [1.82, 2.24) is 20.1 Å². The highest BCUT2D eigenvalue weighted by molar-refractivity contribution is 6.30. The highest BCUT2D eigenvalue weighted by atomic mass is 35.5. The number of morpholine rings is 1. The van der Waals surface area contributed by atoms with Crippen LogP contribution < -0.4 is 15.0 Å². The van der Waals surface area contributed by atoms with E-state index in [4.69, 9.17) is 30.8 Å². The number of rotatable bonds is 3. The summed E-state index contributed by atoms with van der Waals surface area (Å²) in [5, 5.41) is 3.38. The summed E-state index contributed by atoms with van der Waals surface area (Å²) < 4.78 is 35.1. The Hall–Kier alpha value is -2.76. The van der Waals surface area contributed by atoms with Crippen LogP contribution in [0.2, 0.25) is 5.02 Å². The van der Waals surface area contributed by atoms with Crippen molar-refractivity contribution in [2.75, 3.05) is 84.2 Å². The maximum atomic E-state index is 15.6. The second-order valence-electron chi connectivity index (χ2n) is 17.4. The molecule has 1 saturated carbocycles. The summed E-state index contributed by atoms with van der Waals surface area (Å²) in [6, 6.07) is 7.85. The normalized spacial score (nSPS) is 36.1.